The van der Waals surface area contributed by atoms with E-state index in [0.29, 0.717) is 11.9 Å². The van der Waals surface area contributed by atoms with Gasteiger partial charge in [-0.1, -0.05) is 0 Å². The first kappa shape index (κ1) is 14.1. The molecule has 1 atom stereocenters. The minimum atomic E-state index is 0.579. The van der Waals surface area contributed by atoms with Crippen LogP contribution in [0.5, 0.6) is 0 Å². The third-order valence-corrected chi connectivity index (χ3v) is 3.81. The molecule has 2 N–H and O–H groups in total. The van der Waals surface area contributed by atoms with E-state index < -0.39 is 0 Å². The van der Waals surface area contributed by atoms with Crippen LogP contribution < -0.4 is 10.6 Å². The molecule has 1 unspecified atom stereocenters. The molecule has 0 radical (unpaired) electrons. The fourth-order valence-electron chi connectivity index (χ4n) is 2.48. The van der Waals surface area contributed by atoms with Gasteiger partial charge in [0, 0.05) is 45.9 Å². The molecule has 0 aromatic carbocycles. The molecule has 2 rings (SSSR count). The Bertz CT molecular complexity index is 374. The molecule has 1 aliphatic heterocycles. The van der Waals surface area contributed by atoms with Crippen molar-refractivity contribution < 1.29 is 4.74 Å². The van der Waals surface area contributed by atoms with Crippen LogP contribution in [0.15, 0.2) is 18.3 Å². The molecule has 0 spiro atoms. The number of methoxy groups -OCH3 is 1. The van der Waals surface area contributed by atoms with Crippen molar-refractivity contribution in [2.45, 2.75) is 19.4 Å². The van der Waals surface area contributed by atoms with Crippen molar-refractivity contribution in [2.24, 2.45) is 0 Å². The first-order valence-electron chi connectivity index (χ1n) is 6.90. The Hall–Kier alpha value is -1.33. The number of pyridine rings is 1. The first-order valence-corrected chi connectivity index (χ1v) is 6.90. The summed E-state index contributed by atoms with van der Waals surface area (Å²) >= 11 is 0. The zero-order chi connectivity index (χ0) is 13.7. The van der Waals surface area contributed by atoms with Crippen LogP contribution in [0.25, 0.3) is 0 Å². The highest BCUT2D eigenvalue weighted by Crippen LogP contribution is 2.17. The van der Waals surface area contributed by atoms with Gasteiger partial charge in [0.05, 0.1) is 11.9 Å². The summed E-state index contributed by atoms with van der Waals surface area (Å²) in [7, 11) is 1.76. The molecule has 1 saturated heterocycles. The van der Waals surface area contributed by atoms with E-state index >= 15 is 0 Å². The lowest BCUT2D eigenvalue weighted by atomic mass is 10.1. The maximum atomic E-state index is 5.61. The lowest BCUT2D eigenvalue weighted by Crippen LogP contribution is -2.49. The highest BCUT2D eigenvalue weighted by atomic mass is 16.5. The molecule has 106 valence electrons. The summed E-state index contributed by atoms with van der Waals surface area (Å²) in [5, 5.41) is 0. The molecule has 2 heterocycles. The molecule has 0 amide bonds. The quantitative estimate of drug-likeness (QED) is 0.866. The van der Waals surface area contributed by atoms with Crippen LogP contribution >= 0.6 is 0 Å². The summed E-state index contributed by atoms with van der Waals surface area (Å²) in [4.78, 5) is 9.05. The first-order chi connectivity index (χ1) is 9.20. The number of anilines is 2. The Morgan fingerprint density at radius 2 is 2.05 bits per heavy atom. The van der Waals surface area contributed by atoms with E-state index in [9.17, 15) is 0 Å². The minimum Gasteiger partial charge on any atom is -0.385 e. The van der Waals surface area contributed by atoms with Gasteiger partial charge in [-0.05, 0) is 25.5 Å². The standard InChI is InChI=1S/C14H24N4O/c1-12(5-10-19-2)17-6-8-18(9-7-17)13-3-4-14(15)16-11-13/h3-4,11-12H,5-10H2,1-2H3,(H2,15,16). The summed E-state index contributed by atoms with van der Waals surface area (Å²) in [5.74, 6) is 0.579. The van der Waals surface area contributed by atoms with Crippen LogP contribution in [0.4, 0.5) is 11.5 Å². The number of rotatable bonds is 5. The summed E-state index contributed by atoms with van der Waals surface area (Å²) < 4.78 is 5.15. The summed E-state index contributed by atoms with van der Waals surface area (Å²) in [6.45, 7) is 7.39. The zero-order valence-corrected chi connectivity index (χ0v) is 11.9. The summed E-state index contributed by atoms with van der Waals surface area (Å²) in [5.41, 5.74) is 6.78. The summed E-state index contributed by atoms with van der Waals surface area (Å²) in [6.07, 6.45) is 2.96. The van der Waals surface area contributed by atoms with E-state index in [0.717, 1.165) is 39.2 Å². The highest BCUT2D eigenvalue weighted by molar-refractivity contribution is 5.48. The van der Waals surface area contributed by atoms with Gasteiger partial charge in [-0.25, -0.2) is 4.98 Å². The predicted octanol–water partition coefficient (Wildman–Crippen LogP) is 1.21. The lowest BCUT2D eigenvalue weighted by molar-refractivity contribution is 0.133. The van der Waals surface area contributed by atoms with E-state index in [2.05, 4.69) is 21.7 Å². The average molecular weight is 264 g/mol. The van der Waals surface area contributed by atoms with E-state index in [1.165, 1.54) is 5.69 Å². The second kappa shape index (κ2) is 6.73. The van der Waals surface area contributed by atoms with Crippen LogP contribution in [-0.2, 0) is 4.74 Å². The van der Waals surface area contributed by atoms with Crippen molar-refractivity contribution in [1.29, 1.82) is 0 Å². The molecule has 1 aromatic heterocycles. The molecule has 5 nitrogen and oxygen atoms in total. The minimum absolute atomic E-state index is 0.579. The van der Waals surface area contributed by atoms with E-state index in [1.54, 1.807) is 7.11 Å². The summed E-state index contributed by atoms with van der Waals surface area (Å²) in [6, 6.07) is 4.50. The number of aromatic nitrogens is 1. The van der Waals surface area contributed by atoms with E-state index in [4.69, 9.17) is 10.5 Å². The molecule has 1 aliphatic rings. The molecule has 5 heteroatoms. The number of piperazine rings is 1. The van der Waals surface area contributed by atoms with Gasteiger partial charge in [0.25, 0.3) is 0 Å². The molecule has 0 bridgehead atoms. The van der Waals surface area contributed by atoms with E-state index in [-0.39, 0.29) is 0 Å². The number of nitrogens with zero attached hydrogens (tertiary/aromatic N) is 3. The van der Waals surface area contributed by atoms with Gasteiger partial charge < -0.3 is 15.4 Å². The third kappa shape index (κ3) is 3.81. The maximum absolute atomic E-state index is 5.61. The topological polar surface area (TPSA) is 54.6 Å². The normalized spacial score (nSPS) is 18.5. The Labute approximate surface area is 115 Å². The van der Waals surface area contributed by atoms with Crippen LogP contribution in [0, 0.1) is 0 Å². The fourth-order valence-corrected chi connectivity index (χ4v) is 2.48. The number of ether oxygens (including phenoxy) is 1. The second-order valence-electron chi connectivity index (χ2n) is 5.09. The van der Waals surface area contributed by atoms with Crippen molar-refractivity contribution in [3.63, 3.8) is 0 Å². The molecule has 0 aliphatic carbocycles. The number of nitrogen functional groups attached to an aromatic ring is 1. The highest BCUT2D eigenvalue weighted by Gasteiger charge is 2.21. The molecule has 1 fully saturated rings. The molecule has 0 saturated carbocycles. The third-order valence-electron chi connectivity index (χ3n) is 3.81. The molecule has 1 aromatic rings. The zero-order valence-electron chi connectivity index (χ0n) is 11.9. The van der Waals surface area contributed by atoms with Crippen molar-refractivity contribution in [3.8, 4) is 0 Å². The van der Waals surface area contributed by atoms with Gasteiger partial charge in [-0.15, -0.1) is 0 Å². The number of hydrogen-bond donors (Lipinski definition) is 1. The predicted molar refractivity (Wildman–Crippen MR) is 78.4 cm³/mol. The Kier molecular flexibility index (Phi) is 4.99. The van der Waals surface area contributed by atoms with Crippen LogP contribution in [0.1, 0.15) is 13.3 Å². The largest absolute Gasteiger partial charge is 0.385 e. The van der Waals surface area contributed by atoms with Gasteiger partial charge in [0.2, 0.25) is 0 Å². The van der Waals surface area contributed by atoms with Gasteiger partial charge in [-0.2, -0.15) is 0 Å². The smallest absolute Gasteiger partial charge is 0.123 e. The maximum Gasteiger partial charge on any atom is 0.123 e. The monoisotopic (exact) mass is 264 g/mol. The average Bonchev–Trinajstić information content (AvgIpc) is 2.46. The van der Waals surface area contributed by atoms with Gasteiger partial charge in [0.1, 0.15) is 5.82 Å². The fraction of sp³-hybridized carbons (Fsp3) is 0.643. The Morgan fingerprint density at radius 3 is 2.63 bits per heavy atom. The van der Waals surface area contributed by atoms with Crippen molar-refractivity contribution in [2.75, 3.05) is 50.5 Å². The van der Waals surface area contributed by atoms with Gasteiger partial charge in [0.15, 0.2) is 0 Å². The van der Waals surface area contributed by atoms with Gasteiger partial charge >= 0.3 is 0 Å². The molecule has 19 heavy (non-hydrogen) atoms. The lowest BCUT2D eigenvalue weighted by Gasteiger charge is -2.39. The number of hydrogen-bond acceptors (Lipinski definition) is 5. The van der Waals surface area contributed by atoms with Crippen LogP contribution in [-0.4, -0.2) is 55.8 Å². The second-order valence-corrected chi connectivity index (χ2v) is 5.09. The van der Waals surface area contributed by atoms with Crippen LogP contribution in [0.3, 0.4) is 0 Å². The molecular formula is C14H24N4O. The van der Waals surface area contributed by atoms with E-state index in [1.807, 2.05) is 18.3 Å². The van der Waals surface area contributed by atoms with Crippen molar-refractivity contribution in [1.82, 2.24) is 9.88 Å². The Balaban J connectivity index is 1.83. The van der Waals surface area contributed by atoms with Crippen molar-refractivity contribution in [3.05, 3.63) is 18.3 Å². The number of nitrogens with two attached hydrogens (primary N) is 1. The van der Waals surface area contributed by atoms with Gasteiger partial charge in [-0.3, -0.25) is 4.90 Å². The molecular weight excluding hydrogens is 240 g/mol. The van der Waals surface area contributed by atoms with Crippen molar-refractivity contribution >= 4 is 11.5 Å². The van der Waals surface area contributed by atoms with Crippen LogP contribution in [0.2, 0.25) is 0 Å². The Morgan fingerprint density at radius 1 is 1.32 bits per heavy atom. The SMILES string of the molecule is COCCC(C)N1CCN(c2ccc(N)nc2)CC1.